The maximum atomic E-state index is 14.2. The van der Waals surface area contributed by atoms with Crippen LogP contribution in [0.3, 0.4) is 0 Å². The molecule has 1 amide bonds. The number of nitrogens with zero attached hydrogens (tertiary/aromatic N) is 4. The first kappa shape index (κ1) is 23.9. The van der Waals surface area contributed by atoms with E-state index in [1.807, 2.05) is 31.2 Å². The van der Waals surface area contributed by atoms with Gasteiger partial charge in [-0.2, -0.15) is 0 Å². The molecule has 0 unspecified atom stereocenters. The molecule has 0 aliphatic carbocycles. The monoisotopic (exact) mass is 486 g/mol. The van der Waals surface area contributed by atoms with E-state index in [1.165, 1.54) is 22.3 Å². The highest BCUT2D eigenvalue weighted by Gasteiger charge is 2.32. The van der Waals surface area contributed by atoms with Crippen LogP contribution in [0.5, 0.6) is 0 Å². The number of benzene rings is 2. The fourth-order valence-electron chi connectivity index (χ4n) is 3.74. The first-order valence-corrected chi connectivity index (χ1v) is 11.8. The van der Waals surface area contributed by atoms with E-state index in [4.69, 9.17) is 5.11 Å². The van der Waals surface area contributed by atoms with Gasteiger partial charge in [0.1, 0.15) is 22.2 Å². The van der Waals surface area contributed by atoms with Crippen molar-refractivity contribution in [3.8, 4) is 10.6 Å². The average molecular weight is 487 g/mol. The summed E-state index contributed by atoms with van der Waals surface area (Å²) in [5.74, 6) is -3.66. The molecule has 34 heavy (non-hydrogen) atoms. The molecule has 7 nitrogen and oxygen atoms in total. The predicted molar refractivity (Wildman–Crippen MR) is 125 cm³/mol. The number of aliphatic carboxylic acids is 1. The quantitative estimate of drug-likeness (QED) is 0.481. The van der Waals surface area contributed by atoms with E-state index in [-0.39, 0.29) is 17.6 Å². The molecule has 0 saturated carbocycles. The normalized spacial score (nSPS) is 14.1. The van der Waals surface area contributed by atoms with Crippen LogP contribution in [0, 0.1) is 17.6 Å². The molecule has 0 atom stereocenters. The predicted octanol–water partition coefficient (Wildman–Crippen LogP) is 4.45. The molecular weight excluding hydrogens is 462 g/mol. The van der Waals surface area contributed by atoms with Gasteiger partial charge in [-0.25, -0.2) is 8.78 Å². The van der Waals surface area contributed by atoms with Crippen LogP contribution in [-0.4, -0.2) is 51.7 Å². The summed E-state index contributed by atoms with van der Waals surface area (Å²) >= 11 is 1.18. The minimum atomic E-state index is -0.913. The number of hydrogen-bond donors (Lipinski definition) is 1. The Bertz CT molecular complexity index is 1160. The van der Waals surface area contributed by atoms with Crippen molar-refractivity contribution in [2.75, 3.05) is 24.5 Å². The molecule has 1 aliphatic rings. The first-order valence-electron chi connectivity index (χ1n) is 11.0. The summed E-state index contributed by atoms with van der Waals surface area (Å²) in [5.41, 5.74) is 1.25. The molecule has 1 saturated heterocycles. The van der Waals surface area contributed by atoms with E-state index in [9.17, 15) is 18.4 Å². The van der Waals surface area contributed by atoms with Gasteiger partial charge in [-0.3, -0.25) is 19.4 Å². The molecule has 2 aromatic carbocycles. The molecular formula is C24H24F2N4O3S. The molecule has 0 bridgehead atoms. The molecule has 1 N–H and O–H groups in total. The highest BCUT2D eigenvalue weighted by atomic mass is 32.1. The number of halogens is 2. The zero-order valence-electron chi connectivity index (χ0n) is 18.6. The standard InChI is InChI=1S/C24H24F2N4O3S/c1-2-3-11-30(22(31)20-18(25)5-4-6-19(20)26)24-28-27-21(34-24)16-9-7-15(8-10-16)12-29-13-17(14-29)23(32)33/h4-10,17H,2-3,11-14H2,1H3,(H,32,33). The Kier molecular flexibility index (Phi) is 7.28. The maximum absolute atomic E-state index is 14.2. The Hall–Kier alpha value is -3.24. The number of rotatable bonds is 9. The minimum Gasteiger partial charge on any atom is -0.481 e. The van der Waals surface area contributed by atoms with Crippen molar-refractivity contribution < 1.29 is 23.5 Å². The van der Waals surface area contributed by atoms with Gasteiger partial charge in [0.2, 0.25) is 5.13 Å². The molecule has 0 radical (unpaired) electrons. The van der Waals surface area contributed by atoms with Gasteiger partial charge in [0, 0.05) is 31.7 Å². The third-order valence-corrected chi connectivity index (χ3v) is 6.71. The van der Waals surface area contributed by atoms with Gasteiger partial charge in [0.25, 0.3) is 5.91 Å². The third-order valence-electron chi connectivity index (χ3n) is 5.72. The van der Waals surface area contributed by atoms with E-state index in [1.54, 1.807) is 0 Å². The Morgan fingerprint density at radius 3 is 2.41 bits per heavy atom. The molecule has 1 fully saturated rings. The fourth-order valence-corrected chi connectivity index (χ4v) is 4.62. The number of aromatic nitrogens is 2. The summed E-state index contributed by atoms with van der Waals surface area (Å²) < 4.78 is 28.5. The number of anilines is 1. The van der Waals surface area contributed by atoms with Crippen LogP contribution in [0.15, 0.2) is 42.5 Å². The van der Waals surface area contributed by atoms with Crippen LogP contribution in [-0.2, 0) is 11.3 Å². The van der Waals surface area contributed by atoms with Crippen LogP contribution in [0.25, 0.3) is 10.6 Å². The number of carboxylic acid groups (broad SMARTS) is 1. The second kappa shape index (κ2) is 10.4. The fraction of sp³-hybridized carbons (Fsp3) is 0.333. The number of carbonyl (C=O) groups is 2. The summed E-state index contributed by atoms with van der Waals surface area (Å²) in [5, 5.41) is 18.2. The third kappa shape index (κ3) is 5.13. The molecule has 178 valence electrons. The molecule has 1 aliphatic heterocycles. The van der Waals surface area contributed by atoms with Crippen LogP contribution >= 0.6 is 11.3 Å². The lowest BCUT2D eigenvalue weighted by atomic mass is 9.99. The van der Waals surface area contributed by atoms with Crippen molar-refractivity contribution in [2.45, 2.75) is 26.3 Å². The lowest BCUT2D eigenvalue weighted by Crippen LogP contribution is -2.49. The van der Waals surface area contributed by atoms with Gasteiger partial charge >= 0.3 is 5.97 Å². The van der Waals surface area contributed by atoms with Crippen molar-refractivity contribution in [3.63, 3.8) is 0 Å². The van der Waals surface area contributed by atoms with E-state index in [2.05, 4.69) is 15.1 Å². The van der Waals surface area contributed by atoms with Crippen molar-refractivity contribution in [1.82, 2.24) is 15.1 Å². The summed E-state index contributed by atoms with van der Waals surface area (Å²) in [6.07, 6.45) is 1.44. The van der Waals surface area contributed by atoms with Crippen molar-refractivity contribution in [1.29, 1.82) is 0 Å². The number of hydrogen-bond acceptors (Lipinski definition) is 6. The number of likely N-dealkylation sites (tertiary alicyclic amines) is 1. The van der Waals surface area contributed by atoms with Gasteiger partial charge in [0.05, 0.1) is 5.92 Å². The molecule has 4 rings (SSSR count). The molecule has 2 heterocycles. The second-order valence-corrected chi connectivity index (χ2v) is 9.18. The zero-order valence-corrected chi connectivity index (χ0v) is 19.4. The van der Waals surface area contributed by atoms with E-state index < -0.39 is 29.1 Å². The second-order valence-electron chi connectivity index (χ2n) is 8.22. The van der Waals surface area contributed by atoms with Gasteiger partial charge in [-0.15, -0.1) is 10.2 Å². The largest absolute Gasteiger partial charge is 0.481 e. The van der Waals surface area contributed by atoms with Crippen molar-refractivity contribution in [2.24, 2.45) is 5.92 Å². The molecule has 3 aromatic rings. The smallest absolute Gasteiger partial charge is 0.309 e. The van der Waals surface area contributed by atoms with Crippen LogP contribution in [0.4, 0.5) is 13.9 Å². The van der Waals surface area contributed by atoms with Gasteiger partial charge in [0.15, 0.2) is 0 Å². The minimum absolute atomic E-state index is 0.268. The SMILES string of the molecule is CCCCN(C(=O)c1c(F)cccc1F)c1nnc(-c2ccc(CN3CC(C(=O)O)C3)cc2)s1. The van der Waals surface area contributed by atoms with Crippen molar-refractivity contribution in [3.05, 3.63) is 65.2 Å². The number of carbonyl (C=O) groups excluding carboxylic acids is 1. The highest BCUT2D eigenvalue weighted by molar-refractivity contribution is 7.18. The molecule has 10 heteroatoms. The maximum Gasteiger partial charge on any atom is 0.309 e. The Balaban J connectivity index is 1.50. The molecule has 0 spiro atoms. The topological polar surface area (TPSA) is 86.6 Å². The number of carboxylic acids is 1. The summed E-state index contributed by atoms with van der Waals surface area (Å²) in [6, 6.07) is 11.0. The summed E-state index contributed by atoms with van der Waals surface area (Å²) in [4.78, 5) is 27.3. The van der Waals surface area contributed by atoms with Gasteiger partial charge < -0.3 is 5.11 Å². The van der Waals surface area contributed by atoms with Gasteiger partial charge in [-0.05, 0) is 24.1 Å². The van der Waals surface area contributed by atoms with E-state index in [0.717, 1.165) is 29.7 Å². The summed E-state index contributed by atoms with van der Waals surface area (Å²) in [6.45, 7) is 3.98. The zero-order chi connectivity index (χ0) is 24.2. The van der Waals surface area contributed by atoms with Gasteiger partial charge in [-0.1, -0.05) is 55.0 Å². The average Bonchev–Trinajstić information content (AvgIpc) is 3.26. The van der Waals surface area contributed by atoms with Crippen LogP contribution in [0.2, 0.25) is 0 Å². The lowest BCUT2D eigenvalue weighted by molar-refractivity contribution is -0.147. The van der Waals surface area contributed by atoms with Crippen LogP contribution in [0.1, 0.15) is 35.7 Å². The lowest BCUT2D eigenvalue weighted by Gasteiger charge is -2.36. The Morgan fingerprint density at radius 1 is 1.12 bits per heavy atom. The number of amides is 1. The Morgan fingerprint density at radius 2 is 1.79 bits per heavy atom. The first-order chi connectivity index (χ1) is 16.4. The van der Waals surface area contributed by atoms with E-state index >= 15 is 0 Å². The molecule has 1 aromatic heterocycles. The van der Waals surface area contributed by atoms with Crippen LogP contribution < -0.4 is 4.90 Å². The Labute approximate surface area is 199 Å². The number of unbranched alkanes of at least 4 members (excludes halogenated alkanes) is 1. The highest BCUT2D eigenvalue weighted by Crippen LogP contribution is 2.31. The summed E-state index contributed by atoms with van der Waals surface area (Å²) in [7, 11) is 0. The van der Waals surface area contributed by atoms with Crippen molar-refractivity contribution >= 4 is 28.3 Å². The van der Waals surface area contributed by atoms with E-state index in [0.29, 0.717) is 31.1 Å².